The molecule has 3 aromatic carbocycles. The van der Waals surface area contributed by atoms with Crippen molar-refractivity contribution in [1.29, 1.82) is 0 Å². The van der Waals surface area contributed by atoms with E-state index in [2.05, 4.69) is 5.32 Å². The minimum atomic E-state index is -1.10. The molecule has 11 heteroatoms. The van der Waals surface area contributed by atoms with Crippen molar-refractivity contribution >= 4 is 46.6 Å². The highest BCUT2D eigenvalue weighted by Gasteiger charge is 2.56. The summed E-state index contributed by atoms with van der Waals surface area (Å²) in [5, 5.41) is 15.2. The Hall–Kier alpha value is -3.66. The van der Waals surface area contributed by atoms with Gasteiger partial charge in [0.25, 0.3) is 0 Å². The van der Waals surface area contributed by atoms with Crippen LogP contribution in [0.15, 0.2) is 66.7 Å². The first-order valence-corrected chi connectivity index (χ1v) is 12.2. The Kier molecular flexibility index (Phi) is 6.53. The van der Waals surface area contributed by atoms with Crippen LogP contribution in [0.5, 0.6) is 11.5 Å². The molecule has 1 atom stereocenters. The third-order valence-corrected chi connectivity index (χ3v) is 6.86. The maximum absolute atomic E-state index is 13.9. The van der Waals surface area contributed by atoms with Crippen LogP contribution < -0.4 is 19.7 Å². The van der Waals surface area contributed by atoms with Gasteiger partial charge in [-0.3, -0.25) is 10.1 Å². The second-order valence-electron chi connectivity index (χ2n) is 9.22. The number of anilines is 2. The molecule has 37 heavy (non-hydrogen) atoms. The summed E-state index contributed by atoms with van der Waals surface area (Å²) in [6.07, 6.45) is -1.10. The first-order chi connectivity index (χ1) is 17.6. The van der Waals surface area contributed by atoms with Crippen molar-refractivity contribution in [2.45, 2.75) is 32.1 Å². The summed E-state index contributed by atoms with van der Waals surface area (Å²) in [6, 6.07) is 17.4. The van der Waals surface area contributed by atoms with Crippen molar-refractivity contribution in [3.8, 4) is 11.5 Å². The highest BCUT2D eigenvalue weighted by molar-refractivity contribution is 6.31. The van der Waals surface area contributed by atoms with Crippen LogP contribution in [0.4, 0.5) is 21.0 Å². The molecule has 2 N–H and O–H groups in total. The molecule has 0 saturated carbocycles. The lowest BCUT2D eigenvalue weighted by molar-refractivity contribution is -0.0954. The van der Waals surface area contributed by atoms with Crippen LogP contribution in [0.25, 0.3) is 0 Å². The molecule has 0 radical (unpaired) electrons. The zero-order chi connectivity index (χ0) is 26.3. The predicted molar refractivity (Wildman–Crippen MR) is 139 cm³/mol. The molecule has 1 saturated heterocycles. The number of carbonyl (C=O) groups is 2. The van der Waals surface area contributed by atoms with Gasteiger partial charge in [-0.25, -0.2) is 9.59 Å². The van der Waals surface area contributed by atoms with Gasteiger partial charge in [0, 0.05) is 28.0 Å². The molecule has 0 aromatic heterocycles. The Morgan fingerprint density at radius 2 is 1.76 bits per heavy atom. The van der Waals surface area contributed by atoms with E-state index >= 15 is 0 Å². The second kappa shape index (κ2) is 9.66. The molecule has 9 nitrogen and oxygen atoms in total. The predicted octanol–water partition coefficient (Wildman–Crippen LogP) is 6.19. The van der Waals surface area contributed by atoms with Crippen molar-refractivity contribution < 1.29 is 24.3 Å². The summed E-state index contributed by atoms with van der Waals surface area (Å²) in [5.41, 5.74) is 0.574. The van der Waals surface area contributed by atoms with Crippen molar-refractivity contribution in [1.82, 2.24) is 9.96 Å². The average molecular weight is 543 g/mol. The van der Waals surface area contributed by atoms with E-state index in [1.807, 2.05) is 12.1 Å². The molecule has 4 amide bonds. The molecule has 2 heterocycles. The van der Waals surface area contributed by atoms with E-state index in [4.69, 9.17) is 32.7 Å². The Labute approximate surface area is 223 Å². The minimum Gasteiger partial charge on any atom is -0.454 e. The fourth-order valence-electron chi connectivity index (χ4n) is 4.57. The Morgan fingerprint density at radius 1 is 1.05 bits per heavy atom. The van der Waals surface area contributed by atoms with Gasteiger partial charge in [-0.05, 0) is 67.9 Å². The van der Waals surface area contributed by atoms with Crippen LogP contribution in [0.3, 0.4) is 0 Å². The van der Waals surface area contributed by atoms with Crippen LogP contribution in [0.1, 0.15) is 19.4 Å². The number of fused-ring (bicyclic) bond motifs is 1. The van der Waals surface area contributed by atoms with E-state index in [-0.39, 0.29) is 13.3 Å². The molecule has 0 spiro atoms. The molecular formula is C26H24Cl2N4O5. The molecular weight excluding hydrogens is 519 g/mol. The minimum absolute atomic E-state index is 0.138. The van der Waals surface area contributed by atoms with E-state index in [1.54, 1.807) is 73.3 Å². The van der Waals surface area contributed by atoms with Gasteiger partial charge in [0.15, 0.2) is 17.7 Å². The van der Waals surface area contributed by atoms with Crippen LogP contribution in [-0.2, 0) is 6.54 Å². The molecule has 5 rings (SSSR count). The largest absolute Gasteiger partial charge is 0.454 e. The number of amides is 4. The highest BCUT2D eigenvalue weighted by Crippen LogP contribution is 2.40. The lowest BCUT2D eigenvalue weighted by atomic mass is 9.99. The number of ether oxygens (including phenoxy) is 2. The van der Waals surface area contributed by atoms with Crippen molar-refractivity contribution in [3.63, 3.8) is 0 Å². The number of halogens is 2. The van der Waals surface area contributed by atoms with Gasteiger partial charge in [-0.1, -0.05) is 41.4 Å². The zero-order valence-corrected chi connectivity index (χ0v) is 21.5. The number of nitrogens with one attached hydrogen (secondary N) is 1. The number of hydroxylamine groups is 2. The van der Waals surface area contributed by atoms with Crippen LogP contribution >= 0.6 is 23.2 Å². The molecule has 1 unspecified atom stereocenters. The lowest BCUT2D eigenvalue weighted by Gasteiger charge is -2.38. The summed E-state index contributed by atoms with van der Waals surface area (Å²) < 4.78 is 10.9. The van der Waals surface area contributed by atoms with Crippen molar-refractivity contribution in [3.05, 3.63) is 82.3 Å². The Balaban J connectivity index is 1.49. The van der Waals surface area contributed by atoms with Gasteiger partial charge in [0.2, 0.25) is 6.79 Å². The summed E-state index contributed by atoms with van der Waals surface area (Å²) in [4.78, 5) is 30.0. The molecule has 2 aliphatic heterocycles. The van der Waals surface area contributed by atoms with Gasteiger partial charge in [0.05, 0.1) is 5.54 Å². The highest BCUT2D eigenvalue weighted by atomic mass is 35.5. The lowest BCUT2D eigenvalue weighted by Crippen LogP contribution is -2.58. The number of nitrogens with zero attached hydrogens (tertiary/aromatic N) is 3. The molecule has 0 bridgehead atoms. The van der Waals surface area contributed by atoms with Gasteiger partial charge >= 0.3 is 12.1 Å². The zero-order valence-electron chi connectivity index (χ0n) is 20.0. The topological polar surface area (TPSA) is 94.6 Å². The number of urea groups is 2. The average Bonchev–Trinajstić information content (AvgIpc) is 3.39. The van der Waals surface area contributed by atoms with E-state index in [0.717, 1.165) is 5.56 Å². The maximum Gasteiger partial charge on any atom is 0.347 e. The number of hydrogen-bond donors (Lipinski definition) is 2. The maximum atomic E-state index is 13.9. The normalized spacial score (nSPS) is 17.8. The fourth-order valence-corrected chi connectivity index (χ4v) is 4.95. The summed E-state index contributed by atoms with van der Waals surface area (Å²) in [6.45, 7) is 3.89. The number of benzene rings is 3. The summed E-state index contributed by atoms with van der Waals surface area (Å²) in [5.74, 6) is 1.23. The molecule has 192 valence electrons. The third kappa shape index (κ3) is 4.73. The first-order valence-electron chi connectivity index (χ1n) is 11.4. The summed E-state index contributed by atoms with van der Waals surface area (Å²) >= 11 is 12.3. The van der Waals surface area contributed by atoms with Gasteiger partial charge < -0.3 is 19.7 Å². The third-order valence-electron chi connectivity index (χ3n) is 6.39. The monoisotopic (exact) mass is 542 g/mol. The van der Waals surface area contributed by atoms with E-state index in [9.17, 15) is 14.8 Å². The fraction of sp³-hybridized carbons (Fsp3) is 0.231. The number of rotatable bonds is 5. The standard InChI is InChI=1S/C26H24Cl2N4O5/c1-26(2)23(32(35)24(33)29-19-7-3-5-17(27)12-19)31(20-8-4-6-18(28)13-20)25(34)30(26)14-16-9-10-21-22(11-16)37-15-36-21/h3-13,23,35H,14-15H2,1-2H3,(H,29,33). The molecule has 2 aliphatic rings. The van der Waals surface area contributed by atoms with Crippen LogP contribution in [0.2, 0.25) is 10.0 Å². The quantitative estimate of drug-likeness (QED) is 0.296. The number of hydrogen-bond acceptors (Lipinski definition) is 5. The van der Waals surface area contributed by atoms with Gasteiger partial charge in [0.1, 0.15) is 0 Å². The first kappa shape index (κ1) is 25.0. The number of carbonyl (C=O) groups excluding carboxylic acids is 2. The second-order valence-corrected chi connectivity index (χ2v) is 10.1. The van der Waals surface area contributed by atoms with Gasteiger partial charge in [-0.2, -0.15) is 5.06 Å². The smallest absolute Gasteiger partial charge is 0.347 e. The van der Waals surface area contributed by atoms with Crippen molar-refractivity contribution in [2.75, 3.05) is 17.0 Å². The van der Waals surface area contributed by atoms with Gasteiger partial charge in [-0.15, -0.1) is 0 Å². The molecule has 1 fully saturated rings. The van der Waals surface area contributed by atoms with Crippen LogP contribution in [-0.4, -0.2) is 45.7 Å². The molecule has 0 aliphatic carbocycles. The Bertz CT molecular complexity index is 1370. The Morgan fingerprint density at radius 3 is 2.49 bits per heavy atom. The SMILES string of the molecule is CC1(C)C(N(O)C(=O)Nc2cccc(Cl)c2)N(c2cccc(Cl)c2)C(=O)N1Cc1ccc2c(c1)OCO2. The van der Waals surface area contributed by atoms with Crippen LogP contribution in [0, 0.1) is 0 Å². The van der Waals surface area contributed by atoms with E-state index in [1.165, 1.54) is 4.90 Å². The molecule has 3 aromatic rings. The van der Waals surface area contributed by atoms with Crippen molar-refractivity contribution in [2.24, 2.45) is 0 Å². The van der Waals surface area contributed by atoms with E-state index in [0.29, 0.717) is 38.0 Å². The summed E-state index contributed by atoms with van der Waals surface area (Å²) in [7, 11) is 0. The van der Waals surface area contributed by atoms with E-state index < -0.39 is 23.8 Å².